The van der Waals surface area contributed by atoms with Gasteiger partial charge in [-0.25, -0.2) is 0 Å². The Morgan fingerprint density at radius 2 is 1.48 bits per heavy atom. The summed E-state index contributed by atoms with van der Waals surface area (Å²) >= 11 is 3.64. The van der Waals surface area contributed by atoms with Crippen molar-refractivity contribution in [3.05, 3.63) is 45.9 Å². The van der Waals surface area contributed by atoms with Crippen molar-refractivity contribution in [1.82, 2.24) is 4.98 Å². The first-order chi connectivity index (χ1) is 10.6. The highest BCUT2D eigenvalue weighted by molar-refractivity contribution is 9.10. The van der Waals surface area contributed by atoms with Crippen LogP contribution in [-0.2, 0) is 10.8 Å². The number of aromatic nitrogens is 1. The maximum absolute atomic E-state index is 3.64. The quantitative estimate of drug-likeness (QED) is 0.454. The van der Waals surface area contributed by atoms with Crippen molar-refractivity contribution in [2.24, 2.45) is 5.41 Å². The first-order valence-electron chi connectivity index (χ1n) is 8.34. The third kappa shape index (κ3) is 1.63. The molecule has 0 saturated heterocycles. The van der Waals surface area contributed by atoms with Crippen molar-refractivity contribution in [3.8, 4) is 0 Å². The fourth-order valence-electron chi connectivity index (χ4n) is 4.56. The molecule has 23 heavy (non-hydrogen) atoms. The molecule has 1 heterocycles. The van der Waals surface area contributed by atoms with Crippen LogP contribution in [-0.4, -0.2) is 4.98 Å². The molecule has 0 aliphatic heterocycles. The summed E-state index contributed by atoms with van der Waals surface area (Å²) in [5.41, 5.74) is 5.94. The molecule has 2 aromatic carbocycles. The van der Waals surface area contributed by atoms with Crippen LogP contribution in [0.1, 0.15) is 52.7 Å². The zero-order chi connectivity index (χ0) is 16.8. The number of hydrogen-bond donors (Lipinski definition) is 1. The summed E-state index contributed by atoms with van der Waals surface area (Å²) in [4.78, 5) is 3.61. The predicted molar refractivity (Wildman–Crippen MR) is 103 cm³/mol. The van der Waals surface area contributed by atoms with E-state index < -0.39 is 0 Å². The van der Waals surface area contributed by atoms with Crippen LogP contribution in [0.3, 0.4) is 0 Å². The van der Waals surface area contributed by atoms with E-state index >= 15 is 0 Å². The third-order valence-corrected chi connectivity index (χ3v) is 7.64. The lowest BCUT2D eigenvalue weighted by Crippen LogP contribution is -2.42. The van der Waals surface area contributed by atoms with Crippen LogP contribution in [0.5, 0.6) is 0 Å². The van der Waals surface area contributed by atoms with E-state index in [-0.39, 0.29) is 16.2 Å². The Bertz CT molecular complexity index is 957. The van der Waals surface area contributed by atoms with E-state index in [9.17, 15) is 0 Å². The molecule has 0 radical (unpaired) electrons. The van der Waals surface area contributed by atoms with Gasteiger partial charge in [0.1, 0.15) is 0 Å². The Balaban J connectivity index is 2.25. The molecular weight excluding hydrogens is 346 g/mol. The van der Waals surface area contributed by atoms with E-state index in [1.807, 2.05) is 0 Å². The summed E-state index contributed by atoms with van der Waals surface area (Å²) in [6.07, 6.45) is 0. The number of fused-ring (bicyclic) bond motifs is 5. The molecule has 0 saturated carbocycles. The summed E-state index contributed by atoms with van der Waals surface area (Å²) in [7, 11) is 0. The van der Waals surface area contributed by atoms with Crippen LogP contribution in [0, 0.1) is 5.41 Å². The molecule has 3 aromatic rings. The van der Waals surface area contributed by atoms with Gasteiger partial charge in [-0.2, -0.15) is 0 Å². The fourth-order valence-corrected chi connectivity index (χ4v) is 4.93. The minimum absolute atomic E-state index is 0.114. The van der Waals surface area contributed by atoms with E-state index in [0.29, 0.717) is 0 Å². The Morgan fingerprint density at radius 3 is 2.17 bits per heavy atom. The first kappa shape index (κ1) is 15.3. The van der Waals surface area contributed by atoms with Crippen molar-refractivity contribution in [3.63, 3.8) is 0 Å². The maximum Gasteiger partial charge on any atom is 0.0468 e. The zero-order valence-corrected chi connectivity index (χ0v) is 16.4. The minimum atomic E-state index is 0.114. The Hall–Kier alpha value is -1.28. The second kappa shape index (κ2) is 4.22. The first-order valence-corrected chi connectivity index (χ1v) is 9.13. The molecule has 1 aliphatic carbocycles. The van der Waals surface area contributed by atoms with Gasteiger partial charge in [0, 0.05) is 26.3 Å². The molecule has 2 heteroatoms. The molecule has 1 nitrogen and oxygen atoms in total. The second-order valence-electron chi connectivity index (χ2n) is 8.60. The van der Waals surface area contributed by atoms with E-state index in [2.05, 4.69) is 92.8 Å². The Kier molecular flexibility index (Phi) is 2.80. The maximum atomic E-state index is 3.64. The van der Waals surface area contributed by atoms with Crippen LogP contribution in [0.2, 0.25) is 0 Å². The highest BCUT2D eigenvalue weighted by Crippen LogP contribution is 2.63. The van der Waals surface area contributed by atoms with Crippen LogP contribution in [0.4, 0.5) is 0 Å². The summed E-state index contributed by atoms with van der Waals surface area (Å²) in [6, 6.07) is 11.1. The average molecular weight is 370 g/mol. The van der Waals surface area contributed by atoms with Gasteiger partial charge in [0.25, 0.3) is 0 Å². The number of benzene rings is 2. The summed E-state index contributed by atoms with van der Waals surface area (Å²) in [5.74, 6) is 0. The molecule has 120 valence electrons. The molecule has 1 N–H and O–H groups in total. The van der Waals surface area contributed by atoms with Gasteiger partial charge in [0.15, 0.2) is 0 Å². The third-order valence-electron chi connectivity index (χ3n) is 7.15. The minimum Gasteiger partial charge on any atom is -0.355 e. The summed E-state index contributed by atoms with van der Waals surface area (Å²) < 4.78 is 1.14. The Labute approximate surface area is 146 Å². The van der Waals surface area contributed by atoms with Gasteiger partial charge in [0.2, 0.25) is 0 Å². The van der Waals surface area contributed by atoms with Crippen LogP contribution < -0.4 is 0 Å². The molecule has 0 amide bonds. The van der Waals surface area contributed by atoms with Crippen LogP contribution in [0.15, 0.2) is 34.8 Å². The molecule has 0 atom stereocenters. The molecule has 1 aromatic heterocycles. The van der Waals surface area contributed by atoms with Crippen molar-refractivity contribution in [2.75, 3.05) is 0 Å². The molecule has 4 rings (SSSR count). The number of halogens is 1. The van der Waals surface area contributed by atoms with Gasteiger partial charge in [-0.1, -0.05) is 63.5 Å². The van der Waals surface area contributed by atoms with Crippen molar-refractivity contribution < 1.29 is 0 Å². The van der Waals surface area contributed by atoms with Gasteiger partial charge in [0.05, 0.1) is 0 Å². The van der Waals surface area contributed by atoms with Crippen LogP contribution >= 0.6 is 15.9 Å². The average Bonchev–Trinajstić information content (AvgIpc) is 2.87. The number of nitrogens with one attached hydrogen (secondary N) is 1. The molecule has 0 bridgehead atoms. The van der Waals surface area contributed by atoms with Gasteiger partial charge < -0.3 is 4.98 Å². The van der Waals surface area contributed by atoms with Crippen molar-refractivity contribution in [2.45, 2.75) is 52.4 Å². The molecular formula is C21H24BrN. The monoisotopic (exact) mass is 369 g/mol. The second-order valence-corrected chi connectivity index (χ2v) is 9.52. The predicted octanol–water partition coefficient (Wildman–Crippen LogP) is 6.68. The normalized spacial score (nSPS) is 21.0. The van der Waals surface area contributed by atoms with Crippen molar-refractivity contribution >= 4 is 37.7 Å². The highest BCUT2D eigenvalue weighted by Gasteiger charge is 2.57. The standard InChI is InChI=1S/C21H24BrN/c1-19(2)14-8-10-16-17(18(14)20(3,4)21(19,5)6)13-11-12(22)7-9-15(13)23-16/h7-11,23H,1-6H3. The van der Waals surface area contributed by atoms with Gasteiger partial charge in [-0.3, -0.25) is 0 Å². The number of H-pyrrole nitrogens is 1. The topological polar surface area (TPSA) is 15.8 Å². The van der Waals surface area contributed by atoms with E-state index in [4.69, 9.17) is 0 Å². The van der Waals surface area contributed by atoms with E-state index in [1.165, 1.54) is 32.9 Å². The fraction of sp³-hybridized carbons (Fsp3) is 0.429. The molecule has 1 aliphatic rings. The van der Waals surface area contributed by atoms with Gasteiger partial charge in [-0.05, 0) is 51.6 Å². The highest BCUT2D eigenvalue weighted by atomic mass is 79.9. The lowest BCUT2D eigenvalue weighted by molar-refractivity contribution is 0.125. The summed E-state index contributed by atoms with van der Waals surface area (Å²) in [6.45, 7) is 14.5. The lowest BCUT2D eigenvalue weighted by atomic mass is 9.59. The van der Waals surface area contributed by atoms with Crippen LogP contribution in [0.25, 0.3) is 21.8 Å². The molecule has 0 unspecified atom stereocenters. The Morgan fingerprint density at radius 1 is 0.826 bits per heavy atom. The lowest BCUT2D eigenvalue weighted by Gasteiger charge is -2.44. The van der Waals surface area contributed by atoms with Gasteiger partial charge >= 0.3 is 0 Å². The number of aromatic amines is 1. The largest absolute Gasteiger partial charge is 0.355 e. The van der Waals surface area contributed by atoms with Crippen molar-refractivity contribution in [1.29, 1.82) is 0 Å². The van der Waals surface area contributed by atoms with E-state index in [0.717, 1.165) is 4.47 Å². The SMILES string of the molecule is CC1(C)c2ccc3[nH]c4ccc(Br)cc4c3c2C(C)(C)C1(C)C. The van der Waals surface area contributed by atoms with E-state index in [1.54, 1.807) is 0 Å². The number of hydrogen-bond acceptors (Lipinski definition) is 0. The number of rotatable bonds is 0. The van der Waals surface area contributed by atoms with Gasteiger partial charge in [-0.15, -0.1) is 0 Å². The molecule has 0 spiro atoms. The smallest absolute Gasteiger partial charge is 0.0468 e. The summed E-state index contributed by atoms with van der Waals surface area (Å²) in [5, 5.41) is 2.73. The zero-order valence-electron chi connectivity index (χ0n) is 14.8. The molecule has 0 fully saturated rings.